The molecule has 0 saturated carbocycles. The summed E-state index contributed by atoms with van der Waals surface area (Å²) in [7, 11) is 1.61. The zero-order chi connectivity index (χ0) is 18.3. The third kappa shape index (κ3) is 2.33. The highest BCUT2D eigenvalue weighted by Crippen LogP contribution is 2.37. The maximum atomic E-state index is 9.61. The number of nitrogen functional groups attached to an aromatic ring is 2. The number of anilines is 2. The van der Waals surface area contributed by atoms with Crippen molar-refractivity contribution in [3.63, 3.8) is 0 Å². The Kier molecular flexibility index (Phi) is 3.94. The first-order valence-electron chi connectivity index (χ1n) is 7.64. The Morgan fingerprint density at radius 3 is 2.56 bits per heavy atom. The SMILES string of the molecule is COc1ccc(C)c(-n2c(N)c(C#N)c3c(NN)nc(C)nc32)c1C. The van der Waals surface area contributed by atoms with Crippen LogP contribution in [0, 0.1) is 32.1 Å². The first-order chi connectivity index (χ1) is 11.9. The number of rotatable bonds is 3. The molecule has 0 radical (unpaired) electrons. The highest BCUT2D eigenvalue weighted by atomic mass is 16.5. The van der Waals surface area contributed by atoms with Gasteiger partial charge in [0.2, 0.25) is 0 Å². The summed E-state index contributed by atoms with van der Waals surface area (Å²) in [4.78, 5) is 8.78. The smallest absolute Gasteiger partial charge is 0.154 e. The number of hydrogen-bond acceptors (Lipinski definition) is 7. The highest BCUT2D eigenvalue weighted by molar-refractivity contribution is 5.99. The van der Waals surface area contributed by atoms with E-state index in [1.165, 1.54) is 0 Å². The zero-order valence-electron chi connectivity index (χ0n) is 14.5. The van der Waals surface area contributed by atoms with E-state index in [2.05, 4.69) is 21.5 Å². The van der Waals surface area contributed by atoms with E-state index in [4.69, 9.17) is 16.3 Å². The fourth-order valence-electron chi connectivity index (χ4n) is 3.13. The third-order valence-corrected chi connectivity index (χ3v) is 4.24. The Morgan fingerprint density at radius 1 is 1.24 bits per heavy atom. The molecule has 2 heterocycles. The van der Waals surface area contributed by atoms with Crippen molar-refractivity contribution in [1.82, 2.24) is 14.5 Å². The number of aryl methyl sites for hydroxylation is 2. The fraction of sp³-hybridized carbons (Fsp3) is 0.235. The van der Waals surface area contributed by atoms with Crippen molar-refractivity contribution in [2.24, 2.45) is 5.84 Å². The normalized spacial score (nSPS) is 10.7. The Labute approximate surface area is 145 Å². The van der Waals surface area contributed by atoms with Crippen LogP contribution in [0.2, 0.25) is 0 Å². The summed E-state index contributed by atoms with van der Waals surface area (Å²) < 4.78 is 7.19. The predicted molar refractivity (Wildman–Crippen MR) is 96.6 cm³/mol. The topological polar surface area (TPSA) is 128 Å². The molecule has 25 heavy (non-hydrogen) atoms. The van der Waals surface area contributed by atoms with Crippen LogP contribution in [-0.2, 0) is 0 Å². The summed E-state index contributed by atoms with van der Waals surface area (Å²) >= 11 is 0. The van der Waals surface area contributed by atoms with Crippen molar-refractivity contribution in [1.29, 1.82) is 5.26 Å². The lowest BCUT2D eigenvalue weighted by Crippen LogP contribution is -2.11. The van der Waals surface area contributed by atoms with Gasteiger partial charge in [0, 0.05) is 5.56 Å². The molecule has 0 aliphatic carbocycles. The van der Waals surface area contributed by atoms with Crippen LogP contribution in [0.3, 0.4) is 0 Å². The van der Waals surface area contributed by atoms with Crippen LogP contribution in [0.25, 0.3) is 16.7 Å². The van der Waals surface area contributed by atoms with Crippen LogP contribution < -0.4 is 21.7 Å². The summed E-state index contributed by atoms with van der Waals surface area (Å²) in [6.45, 7) is 5.66. The summed E-state index contributed by atoms with van der Waals surface area (Å²) in [6.07, 6.45) is 0. The maximum Gasteiger partial charge on any atom is 0.154 e. The molecule has 0 aliphatic heterocycles. The van der Waals surface area contributed by atoms with Crippen molar-refractivity contribution in [2.45, 2.75) is 20.8 Å². The molecular formula is C17H19N7O. The minimum atomic E-state index is 0.282. The number of hydrazine groups is 1. The molecule has 0 fully saturated rings. The molecule has 5 N–H and O–H groups in total. The number of benzene rings is 1. The number of nitriles is 1. The van der Waals surface area contributed by atoms with Crippen molar-refractivity contribution < 1.29 is 4.74 Å². The zero-order valence-corrected chi connectivity index (χ0v) is 14.5. The monoisotopic (exact) mass is 337 g/mol. The number of nitrogens with one attached hydrogen (secondary N) is 1. The van der Waals surface area contributed by atoms with Crippen LogP contribution in [0.1, 0.15) is 22.5 Å². The molecule has 1 aromatic carbocycles. The number of hydrogen-bond donors (Lipinski definition) is 3. The number of nitrogens with two attached hydrogens (primary N) is 2. The molecule has 8 nitrogen and oxygen atoms in total. The predicted octanol–water partition coefficient (Wildman–Crippen LogP) is 2.09. The van der Waals surface area contributed by atoms with Gasteiger partial charge in [0.1, 0.15) is 29.0 Å². The van der Waals surface area contributed by atoms with Gasteiger partial charge in [-0.05, 0) is 32.4 Å². The molecule has 0 bridgehead atoms. The number of ether oxygens (including phenoxy) is 1. The van der Waals surface area contributed by atoms with E-state index in [0.717, 1.165) is 22.6 Å². The van der Waals surface area contributed by atoms with Gasteiger partial charge in [-0.2, -0.15) is 5.26 Å². The van der Waals surface area contributed by atoms with E-state index < -0.39 is 0 Å². The van der Waals surface area contributed by atoms with Gasteiger partial charge in [-0.3, -0.25) is 4.57 Å². The number of aromatic nitrogens is 3. The van der Waals surface area contributed by atoms with Gasteiger partial charge in [0.05, 0.1) is 18.2 Å². The lowest BCUT2D eigenvalue weighted by atomic mass is 10.1. The van der Waals surface area contributed by atoms with Gasteiger partial charge in [0.15, 0.2) is 11.5 Å². The van der Waals surface area contributed by atoms with Crippen LogP contribution in [-0.4, -0.2) is 21.6 Å². The van der Waals surface area contributed by atoms with Crippen molar-refractivity contribution in [3.8, 4) is 17.5 Å². The molecular weight excluding hydrogens is 318 g/mol. The largest absolute Gasteiger partial charge is 0.496 e. The molecule has 0 aliphatic rings. The van der Waals surface area contributed by atoms with Crippen LogP contribution in [0.5, 0.6) is 5.75 Å². The number of fused-ring (bicyclic) bond motifs is 1. The summed E-state index contributed by atoms with van der Waals surface area (Å²) in [6, 6.07) is 5.97. The standard InChI is InChI=1S/C17H19N7O/c1-8-5-6-12(25-4)9(2)14(8)24-15(19)11(7-18)13-16(23-20)21-10(3)22-17(13)24/h5-6H,19-20H2,1-4H3,(H,21,22,23). The lowest BCUT2D eigenvalue weighted by Gasteiger charge is -2.16. The Balaban J connectivity index is 2.54. The minimum Gasteiger partial charge on any atom is -0.496 e. The van der Waals surface area contributed by atoms with E-state index in [0.29, 0.717) is 22.7 Å². The maximum absolute atomic E-state index is 9.61. The molecule has 0 unspecified atom stereocenters. The van der Waals surface area contributed by atoms with Crippen molar-refractivity contribution in [2.75, 3.05) is 18.3 Å². The van der Waals surface area contributed by atoms with E-state index in [1.807, 2.05) is 26.0 Å². The third-order valence-electron chi connectivity index (χ3n) is 4.24. The summed E-state index contributed by atoms with van der Waals surface area (Å²) in [5.41, 5.74) is 12.4. The minimum absolute atomic E-state index is 0.282. The van der Waals surface area contributed by atoms with Gasteiger partial charge in [0.25, 0.3) is 0 Å². The van der Waals surface area contributed by atoms with E-state index >= 15 is 0 Å². The molecule has 128 valence electrons. The fourth-order valence-corrected chi connectivity index (χ4v) is 3.13. The van der Waals surface area contributed by atoms with E-state index in [-0.39, 0.29) is 11.4 Å². The van der Waals surface area contributed by atoms with Crippen LogP contribution in [0.4, 0.5) is 11.6 Å². The average Bonchev–Trinajstić information content (AvgIpc) is 2.86. The second kappa shape index (κ2) is 5.96. The van der Waals surface area contributed by atoms with Crippen molar-refractivity contribution >= 4 is 22.7 Å². The van der Waals surface area contributed by atoms with E-state index in [9.17, 15) is 5.26 Å². The molecule has 0 saturated heterocycles. The molecule has 0 atom stereocenters. The van der Waals surface area contributed by atoms with Crippen LogP contribution >= 0.6 is 0 Å². The second-order valence-electron chi connectivity index (χ2n) is 5.73. The van der Waals surface area contributed by atoms with Crippen molar-refractivity contribution in [3.05, 3.63) is 34.6 Å². The highest BCUT2D eigenvalue weighted by Gasteiger charge is 2.24. The summed E-state index contributed by atoms with van der Waals surface area (Å²) in [5, 5.41) is 10.1. The number of nitrogens with zero attached hydrogens (tertiary/aromatic N) is 4. The average molecular weight is 337 g/mol. The Morgan fingerprint density at radius 2 is 1.96 bits per heavy atom. The Hall–Kier alpha value is -3.31. The van der Waals surface area contributed by atoms with Gasteiger partial charge < -0.3 is 15.9 Å². The van der Waals surface area contributed by atoms with Gasteiger partial charge in [-0.15, -0.1) is 0 Å². The first-order valence-corrected chi connectivity index (χ1v) is 7.64. The lowest BCUT2D eigenvalue weighted by molar-refractivity contribution is 0.411. The second-order valence-corrected chi connectivity index (χ2v) is 5.73. The molecule has 0 spiro atoms. The molecule has 0 amide bonds. The molecule has 8 heteroatoms. The van der Waals surface area contributed by atoms with E-state index in [1.54, 1.807) is 18.6 Å². The summed E-state index contributed by atoms with van der Waals surface area (Å²) in [5.74, 6) is 7.48. The molecule has 3 rings (SSSR count). The Bertz CT molecular complexity index is 1030. The van der Waals surface area contributed by atoms with Gasteiger partial charge in [-0.1, -0.05) is 6.07 Å². The quantitative estimate of drug-likeness (QED) is 0.493. The van der Waals surface area contributed by atoms with Gasteiger partial charge in [-0.25, -0.2) is 15.8 Å². The molecule has 3 aromatic rings. The van der Waals surface area contributed by atoms with Gasteiger partial charge >= 0.3 is 0 Å². The van der Waals surface area contributed by atoms with Crippen LogP contribution in [0.15, 0.2) is 12.1 Å². The first kappa shape index (κ1) is 16.5. The number of methoxy groups -OCH3 is 1. The molecule has 2 aromatic heterocycles.